The number of nitriles is 1. The lowest BCUT2D eigenvalue weighted by atomic mass is 10.1. The largest absolute Gasteiger partial charge is 0.487 e. The molecule has 1 amide bonds. The lowest BCUT2D eigenvalue weighted by Crippen LogP contribution is -2.56. The second-order valence-electron chi connectivity index (χ2n) is 10.9. The minimum absolute atomic E-state index is 0.0462. The van der Waals surface area contributed by atoms with Gasteiger partial charge in [0, 0.05) is 55.6 Å². The molecule has 0 radical (unpaired) electrons. The van der Waals surface area contributed by atoms with Crippen LogP contribution >= 0.6 is 0 Å². The summed E-state index contributed by atoms with van der Waals surface area (Å²) in [6.07, 6.45) is 1.80. The summed E-state index contributed by atoms with van der Waals surface area (Å²) in [5.41, 5.74) is 3.05. The first-order valence-electron chi connectivity index (χ1n) is 14.2. The number of hydrogen-bond donors (Lipinski definition) is 2. The highest BCUT2D eigenvalue weighted by Gasteiger charge is 2.34. The van der Waals surface area contributed by atoms with Crippen LogP contribution in [0.5, 0.6) is 5.75 Å². The van der Waals surface area contributed by atoms with Crippen LogP contribution in [0.2, 0.25) is 0 Å². The van der Waals surface area contributed by atoms with Gasteiger partial charge >= 0.3 is 0 Å². The molecule has 0 bridgehead atoms. The average molecular weight is 571 g/mol. The summed E-state index contributed by atoms with van der Waals surface area (Å²) < 4.78 is 11.4. The number of amides is 1. The number of likely N-dealkylation sites (tertiary alicyclic amines) is 1. The fraction of sp³-hybridized carbons (Fsp3) is 0.433. The molecule has 3 fully saturated rings. The number of carbonyl (C=O) groups excluding carboxylic acids is 1. The minimum Gasteiger partial charge on any atom is -0.487 e. The van der Waals surface area contributed by atoms with Gasteiger partial charge < -0.3 is 29.7 Å². The Morgan fingerprint density at radius 3 is 2.62 bits per heavy atom. The van der Waals surface area contributed by atoms with Gasteiger partial charge in [0.2, 0.25) is 11.9 Å². The van der Waals surface area contributed by atoms with Crippen LogP contribution in [-0.2, 0) is 9.53 Å². The first-order valence-corrected chi connectivity index (χ1v) is 14.2. The van der Waals surface area contributed by atoms with Crippen molar-refractivity contribution < 1.29 is 19.4 Å². The minimum atomic E-state index is -0.530. The molecule has 3 aromatic rings. The lowest BCUT2D eigenvalue weighted by Gasteiger charge is -2.43. The molecular weight excluding hydrogens is 536 g/mol. The second kappa shape index (κ2) is 12.3. The van der Waals surface area contributed by atoms with E-state index in [1.165, 1.54) is 12.0 Å². The molecule has 1 unspecified atom stereocenters. The van der Waals surface area contributed by atoms with Crippen LogP contribution in [0, 0.1) is 11.3 Å². The molecule has 1 aromatic heterocycles. The molecule has 4 heterocycles. The summed E-state index contributed by atoms with van der Waals surface area (Å²) >= 11 is 0. The first-order chi connectivity index (χ1) is 20.5. The van der Waals surface area contributed by atoms with Gasteiger partial charge in [-0.1, -0.05) is 0 Å². The van der Waals surface area contributed by atoms with E-state index in [1.54, 1.807) is 23.1 Å². The smallest absolute Gasteiger partial charge is 0.248 e. The van der Waals surface area contributed by atoms with E-state index in [-0.39, 0.29) is 18.1 Å². The van der Waals surface area contributed by atoms with Crippen molar-refractivity contribution in [1.82, 2.24) is 24.8 Å². The van der Waals surface area contributed by atoms with Gasteiger partial charge in [-0.25, -0.2) is 9.97 Å². The van der Waals surface area contributed by atoms with Gasteiger partial charge in [0.25, 0.3) is 0 Å². The molecule has 2 aromatic carbocycles. The van der Waals surface area contributed by atoms with Crippen molar-refractivity contribution >= 4 is 23.2 Å². The van der Waals surface area contributed by atoms with E-state index in [1.807, 2.05) is 19.1 Å². The summed E-state index contributed by atoms with van der Waals surface area (Å²) in [6, 6.07) is 16.2. The highest BCUT2D eigenvalue weighted by atomic mass is 16.5. The van der Waals surface area contributed by atoms with Crippen molar-refractivity contribution in [2.45, 2.75) is 31.5 Å². The summed E-state index contributed by atoms with van der Waals surface area (Å²) in [7, 11) is 0. The van der Waals surface area contributed by atoms with Gasteiger partial charge in [-0.3, -0.25) is 9.69 Å². The van der Waals surface area contributed by atoms with Crippen LogP contribution in [-0.4, -0.2) is 106 Å². The molecule has 0 spiro atoms. The van der Waals surface area contributed by atoms with Crippen molar-refractivity contribution in [3.8, 4) is 23.2 Å². The Balaban J connectivity index is 1.09. The SMILES string of the molecule is C[C@@H]1CC(Oc2ccc(-c3ncnc(Nc4ccc(N5CCN(C6COC6)CC5)cc4)n3)cc2C#N)CN1C(=O)CO. The van der Waals surface area contributed by atoms with E-state index in [4.69, 9.17) is 9.47 Å². The van der Waals surface area contributed by atoms with E-state index in [0.29, 0.717) is 47.7 Å². The van der Waals surface area contributed by atoms with E-state index >= 15 is 0 Å². The van der Waals surface area contributed by atoms with Gasteiger partial charge in [0.05, 0.1) is 31.4 Å². The van der Waals surface area contributed by atoms with Crippen LogP contribution in [0.1, 0.15) is 18.9 Å². The molecule has 12 heteroatoms. The fourth-order valence-electron chi connectivity index (χ4n) is 5.70. The normalized spacial score (nSPS) is 21.1. The van der Waals surface area contributed by atoms with Crippen molar-refractivity contribution in [1.29, 1.82) is 5.26 Å². The number of piperazine rings is 1. The lowest BCUT2D eigenvalue weighted by molar-refractivity contribution is -0.134. The zero-order valence-corrected chi connectivity index (χ0v) is 23.5. The maximum Gasteiger partial charge on any atom is 0.248 e. The third kappa shape index (κ3) is 5.99. The van der Waals surface area contributed by atoms with Crippen molar-refractivity contribution in [3.05, 3.63) is 54.4 Å². The molecule has 3 aliphatic heterocycles. The number of rotatable bonds is 8. The van der Waals surface area contributed by atoms with E-state index in [9.17, 15) is 15.2 Å². The maximum atomic E-state index is 11.9. The van der Waals surface area contributed by atoms with Gasteiger partial charge in [-0.15, -0.1) is 0 Å². The molecule has 2 atom stereocenters. The van der Waals surface area contributed by atoms with Crippen molar-refractivity contribution in [2.75, 3.05) is 62.8 Å². The Labute approximate surface area is 244 Å². The first kappa shape index (κ1) is 27.8. The molecule has 42 heavy (non-hydrogen) atoms. The summed E-state index contributed by atoms with van der Waals surface area (Å²) in [5.74, 6) is 0.934. The van der Waals surface area contributed by atoms with Gasteiger partial charge in [0.1, 0.15) is 30.9 Å². The highest BCUT2D eigenvalue weighted by molar-refractivity contribution is 5.78. The predicted molar refractivity (Wildman–Crippen MR) is 155 cm³/mol. The molecule has 218 valence electrons. The number of carbonyl (C=O) groups is 1. The van der Waals surface area contributed by atoms with Crippen LogP contribution < -0.4 is 15.0 Å². The Hall–Kier alpha value is -4.31. The molecule has 6 rings (SSSR count). The highest BCUT2D eigenvalue weighted by Crippen LogP contribution is 2.29. The fourth-order valence-corrected chi connectivity index (χ4v) is 5.70. The van der Waals surface area contributed by atoms with Crippen LogP contribution in [0.15, 0.2) is 48.8 Å². The molecular formula is C30H34N8O4. The third-order valence-corrected chi connectivity index (χ3v) is 8.16. The number of aromatic nitrogens is 3. The summed E-state index contributed by atoms with van der Waals surface area (Å²) in [5, 5.41) is 22.3. The van der Waals surface area contributed by atoms with E-state index < -0.39 is 6.61 Å². The number of benzene rings is 2. The topological polar surface area (TPSA) is 140 Å². The Kier molecular flexibility index (Phi) is 8.14. The molecule has 2 N–H and O–H groups in total. The quantitative estimate of drug-likeness (QED) is 0.411. The number of hydrogen-bond acceptors (Lipinski definition) is 11. The Morgan fingerprint density at radius 1 is 1.14 bits per heavy atom. The van der Waals surface area contributed by atoms with E-state index in [0.717, 1.165) is 45.1 Å². The molecule has 3 aliphatic rings. The third-order valence-electron chi connectivity index (χ3n) is 8.16. The number of aliphatic hydroxyl groups excluding tert-OH is 1. The van der Waals surface area contributed by atoms with Crippen LogP contribution in [0.25, 0.3) is 11.4 Å². The van der Waals surface area contributed by atoms with Crippen molar-refractivity contribution in [3.63, 3.8) is 0 Å². The predicted octanol–water partition coefficient (Wildman–Crippen LogP) is 2.04. The number of nitrogens with one attached hydrogen (secondary N) is 1. The summed E-state index contributed by atoms with van der Waals surface area (Å²) in [4.78, 5) is 31.6. The van der Waals surface area contributed by atoms with Crippen LogP contribution in [0.3, 0.4) is 0 Å². The molecule has 0 saturated carbocycles. The standard InChI is InChI=1S/C30H34N8O4/c1-20-12-26(15-38(20)28(40)16-39)42-27-7-2-21(13-22(27)14-31)29-32-19-33-30(35-29)34-23-3-5-24(6-4-23)36-8-10-37(11-9-36)25-17-41-18-25/h2-7,13,19-20,25-26,39H,8-12,15-18H2,1H3,(H,32,33,34,35)/t20-,26?/m1/s1. The number of nitrogens with zero attached hydrogens (tertiary/aromatic N) is 7. The van der Waals surface area contributed by atoms with Gasteiger partial charge in [0.15, 0.2) is 5.82 Å². The number of ether oxygens (including phenoxy) is 2. The van der Waals surface area contributed by atoms with Gasteiger partial charge in [-0.05, 0) is 49.4 Å². The number of aliphatic hydroxyl groups is 1. The van der Waals surface area contributed by atoms with E-state index in [2.05, 4.69) is 48.3 Å². The van der Waals surface area contributed by atoms with Crippen molar-refractivity contribution in [2.24, 2.45) is 0 Å². The zero-order valence-electron chi connectivity index (χ0n) is 23.5. The van der Waals surface area contributed by atoms with Gasteiger partial charge in [-0.2, -0.15) is 10.2 Å². The van der Waals surface area contributed by atoms with Crippen LogP contribution in [0.4, 0.5) is 17.3 Å². The molecule has 0 aliphatic carbocycles. The average Bonchev–Trinajstić information content (AvgIpc) is 3.36. The maximum absolute atomic E-state index is 11.9. The zero-order chi connectivity index (χ0) is 29.1. The molecule has 12 nitrogen and oxygen atoms in total. The monoisotopic (exact) mass is 570 g/mol. The Morgan fingerprint density at radius 2 is 1.93 bits per heavy atom. The number of anilines is 3. The molecule has 3 saturated heterocycles. The summed E-state index contributed by atoms with van der Waals surface area (Å²) in [6.45, 7) is 7.55. The second-order valence-corrected chi connectivity index (χ2v) is 10.9. The Bertz CT molecular complexity index is 1450.